The zero-order chi connectivity index (χ0) is 19.5. The van der Waals surface area contributed by atoms with Crippen LogP contribution in [0.1, 0.15) is 56.1 Å². The number of aromatic nitrogens is 2. The Morgan fingerprint density at radius 1 is 1.25 bits per heavy atom. The van der Waals surface area contributed by atoms with Crippen molar-refractivity contribution in [3.8, 4) is 17.1 Å². The van der Waals surface area contributed by atoms with Crippen molar-refractivity contribution >= 4 is 5.91 Å². The lowest BCUT2D eigenvalue weighted by Gasteiger charge is -2.39. The largest absolute Gasteiger partial charge is 0.477 e. The number of hydrogen-bond donors (Lipinski definition) is 0. The molecule has 5 heteroatoms. The van der Waals surface area contributed by atoms with Crippen LogP contribution in [0.3, 0.4) is 0 Å². The van der Waals surface area contributed by atoms with E-state index in [-0.39, 0.29) is 11.3 Å². The Kier molecular flexibility index (Phi) is 3.80. The van der Waals surface area contributed by atoms with Crippen molar-refractivity contribution in [1.29, 1.82) is 0 Å². The van der Waals surface area contributed by atoms with E-state index in [0.717, 1.165) is 48.5 Å². The molecular weight excluding hydrogens is 350 g/mol. The molecule has 2 bridgehead atoms. The molecule has 5 rings (SSSR count). The average molecular weight is 377 g/mol. The molecule has 2 aromatic rings. The summed E-state index contributed by atoms with van der Waals surface area (Å²) >= 11 is 0. The van der Waals surface area contributed by atoms with Gasteiger partial charge >= 0.3 is 0 Å². The molecule has 0 spiro atoms. The van der Waals surface area contributed by atoms with Crippen LogP contribution in [0.5, 0.6) is 5.88 Å². The number of fused-ring (bicyclic) bond motifs is 3. The van der Waals surface area contributed by atoms with Gasteiger partial charge in [-0.3, -0.25) is 4.79 Å². The van der Waals surface area contributed by atoms with E-state index >= 15 is 0 Å². The maximum Gasteiger partial charge on any atom is 0.272 e. The Bertz CT molecular complexity index is 955. The van der Waals surface area contributed by atoms with E-state index in [1.165, 1.54) is 6.42 Å². The highest BCUT2D eigenvalue weighted by Crippen LogP contribution is 2.52. The van der Waals surface area contributed by atoms with Crippen molar-refractivity contribution < 1.29 is 9.53 Å². The number of nitrogens with zero attached hydrogens (tertiary/aromatic N) is 3. The molecule has 1 amide bonds. The van der Waals surface area contributed by atoms with E-state index in [2.05, 4.69) is 36.7 Å². The minimum Gasteiger partial charge on any atom is -0.477 e. The first kappa shape index (κ1) is 17.7. The molecule has 28 heavy (non-hydrogen) atoms. The molecule has 3 aliphatic rings. The topological polar surface area (TPSA) is 55.3 Å². The zero-order valence-corrected chi connectivity index (χ0v) is 16.9. The normalized spacial score (nSPS) is 27.4. The Morgan fingerprint density at radius 2 is 2.11 bits per heavy atom. The van der Waals surface area contributed by atoms with Crippen LogP contribution in [0.25, 0.3) is 11.3 Å². The lowest BCUT2D eigenvalue weighted by atomic mass is 9.65. The first-order chi connectivity index (χ1) is 13.3. The highest BCUT2D eigenvalue weighted by Gasteiger charge is 2.51. The van der Waals surface area contributed by atoms with Gasteiger partial charge in [0.25, 0.3) is 5.91 Å². The van der Waals surface area contributed by atoms with Gasteiger partial charge in [-0.25, -0.2) is 9.97 Å². The SMILES string of the molecule is CC1(C)C[C@@H]2C[C@@](C)(CN2C(=O)c2cccc(-c3cnc4c(c3)CCO4)n2)C1. The molecule has 4 heterocycles. The summed E-state index contributed by atoms with van der Waals surface area (Å²) in [5.41, 5.74) is 3.89. The summed E-state index contributed by atoms with van der Waals surface area (Å²) < 4.78 is 5.49. The van der Waals surface area contributed by atoms with Crippen LogP contribution in [0.15, 0.2) is 30.5 Å². The standard InChI is InChI=1S/C23H27N3O2/c1-22(2)10-17-11-23(3,13-22)14-26(17)21(27)19-6-4-5-18(25-19)16-9-15-7-8-28-20(15)24-12-16/h4-6,9,12,17H,7-8,10-11,13-14H2,1-3H3/t17-,23-/m1/s1. The van der Waals surface area contributed by atoms with Gasteiger partial charge in [0.2, 0.25) is 5.88 Å². The number of rotatable bonds is 2. The monoisotopic (exact) mass is 377 g/mol. The molecule has 0 N–H and O–H groups in total. The van der Waals surface area contributed by atoms with Gasteiger partial charge in [-0.1, -0.05) is 26.8 Å². The summed E-state index contributed by atoms with van der Waals surface area (Å²) in [5.74, 6) is 0.780. The fraction of sp³-hybridized carbons (Fsp3) is 0.522. The molecule has 0 aromatic carbocycles. The van der Waals surface area contributed by atoms with Crippen molar-refractivity contribution in [3.63, 3.8) is 0 Å². The molecule has 1 aliphatic carbocycles. The highest BCUT2D eigenvalue weighted by molar-refractivity contribution is 5.93. The van der Waals surface area contributed by atoms with Crippen LogP contribution in [-0.4, -0.2) is 40.0 Å². The molecule has 2 aromatic heterocycles. The first-order valence-electron chi connectivity index (χ1n) is 10.2. The van der Waals surface area contributed by atoms with Gasteiger partial charge in [0.1, 0.15) is 5.69 Å². The maximum atomic E-state index is 13.3. The van der Waals surface area contributed by atoms with E-state index < -0.39 is 0 Å². The van der Waals surface area contributed by atoms with Gasteiger partial charge in [-0.2, -0.15) is 0 Å². The molecule has 146 valence electrons. The van der Waals surface area contributed by atoms with Gasteiger partial charge in [0.05, 0.1) is 12.3 Å². The first-order valence-corrected chi connectivity index (χ1v) is 10.2. The molecular formula is C23H27N3O2. The number of amides is 1. The second kappa shape index (κ2) is 6.03. The van der Waals surface area contributed by atoms with E-state index in [4.69, 9.17) is 9.72 Å². The number of pyridine rings is 2. The third-order valence-electron chi connectivity index (χ3n) is 6.48. The van der Waals surface area contributed by atoms with Crippen LogP contribution in [0.2, 0.25) is 0 Å². The van der Waals surface area contributed by atoms with Crippen LogP contribution >= 0.6 is 0 Å². The minimum atomic E-state index is 0.0609. The smallest absolute Gasteiger partial charge is 0.272 e. The molecule has 0 radical (unpaired) electrons. The van der Waals surface area contributed by atoms with Crippen LogP contribution < -0.4 is 4.74 Å². The number of ether oxygens (including phenoxy) is 1. The van der Waals surface area contributed by atoms with Gasteiger partial charge in [0, 0.05) is 36.3 Å². The predicted octanol–water partition coefficient (Wildman–Crippen LogP) is 4.12. The molecule has 1 saturated heterocycles. The van der Waals surface area contributed by atoms with Crippen LogP contribution in [0, 0.1) is 10.8 Å². The van der Waals surface area contributed by atoms with Gasteiger partial charge < -0.3 is 9.64 Å². The summed E-state index contributed by atoms with van der Waals surface area (Å²) in [6.45, 7) is 8.51. The zero-order valence-electron chi connectivity index (χ0n) is 16.9. The lowest BCUT2D eigenvalue weighted by Crippen LogP contribution is -2.38. The number of carbonyl (C=O) groups is 1. The summed E-state index contributed by atoms with van der Waals surface area (Å²) in [6.07, 6.45) is 6.02. The van der Waals surface area contributed by atoms with Gasteiger partial charge in [0.15, 0.2) is 0 Å². The highest BCUT2D eigenvalue weighted by atomic mass is 16.5. The third-order valence-corrected chi connectivity index (χ3v) is 6.48. The Morgan fingerprint density at radius 3 is 2.96 bits per heavy atom. The van der Waals surface area contributed by atoms with Crippen molar-refractivity contribution in [2.75, 3.05) is 13.2 Å². The third kappa shape index (κ3) is 2.97. The van der Waals surface area contributed by atoms with Crippen LogP contribution in [-0.2, 0) is 6.42 Å². The van der Waals surface area contributed by atoms with Gasteiger partial charge in [-0.15, -0.1) is 0 Å². The quantitative estimate of drug-likeness (QED) is 0.790. The van der Waals surface area contributed by atoms with Gasteiger partial charge in [-0.05, 0) is 48.3 Å². The lowest BCUT2D eigenvalue weighted by molar-refractivity contribution is 0.0702. The number of likely N-dealkylation sites (tertiary alicyclic amines) is 1. The summed E-state index contributed by atoms with van der Waals surface area (Å²) in [7, 11) is 0. The fourth-order valence-electron chi connectivity index (χ4n) is 5.76. The van der Waals surface area contributed by atoms with Crippen molar-refractivity contribution in [1.82, 2.24) is 14.9 Å². The number of carbonyl (C=O) groups excluding carboxylic acids is 1. The molecule has 0 unspecified atom stereocenters. The van der Waals surface area contributed by atoms with E-state index in [1.807, 2.05) is 18.2 Å². The molecule has 5 nitrogen and oxygen atoms in total. The Balaban J connectivity index is 1.43. The second-order valence-corrected chi connectivity index (χ2v) is 9.84. The van der Waals surface area contributed by atoms with Crippen molar-refractivity contribution in [2.45, 2.75) is 52.5 Å². The second-order valence-electron chi connectivity index (χ2n) is 9.84. The summed E-state index contributed by atoms with van der Waals surface area (Å²) in [4.78, 5) is 24.5. The van der Waals surface area contributed by atoms with E-state index in [1.54, 1.807) is 6.20 Å². The maximum absolute atomic E-state index is 13.3. The molecule has 2 atom stereocenters. The predicted molar refractivity (Wildman–Crippen MR) is 107 cm³/mol. The molecule has 2 aliphatic heterocycles. The van der Waals surface area contributed by atoms with Crippen molar-refractivity contribution in [2.24, 2.45) is 10.8 Å². The molecule has 2 fully saturated rings. The summed E-state index contributed by atoms with van der Waals surface area (Å²) in [5, 5.41) is 0. The average Bonchev–Trinajstić information content (AvgIpc) is 3.21. The number of hydrogen-bond acceptors (Lipinski definition) is 4. The minimum absolute atomic E-state index is 0.0609. The summed E-state index contributed by atoms with van der Waals surface area (Å²) in [6, 6.07) is 8.12. The van der Waals surface area contributed by atoms with Crippen molar-refractivity contribution in [3.05, 3.63) is 41.7 Å². The fourth-order valence-corrected chi connectivity index (χ4v) is 5.76. The molecule has 1 saturated carbocycles. The van der Waals surface area contributed by atoms with Crippen LogP contribution in [0.4, 0.5) is 0 Å². The van der Waals surface area contributed by atoms with E-state index in [9.17, 15) is 4.79 Å². The van der Waals surface area contributed by atoms with E-state index in [0.29, 0.717) is 23.8 Å². The Labute approximate surface area is 166 Å². The Hall–Kier alpha value is -2.43.